The summed E-state index contributed by atoms with van der Waals surface area (Å²) < 4.78 is 7.47. The molecular weight excluding hydrogens is 454 g/mol. The SMILES string of the molecule is CCn1c(SCc2nc3sc(C)c(-c4ccc(C)cc4)c3c(=O)[nH]2)nnc1-c1ccoc1C. The molecule has 0 fully saturated rings. The second kappa shape index (κ2) is 8.64. The Kier molecular flexibility index (Phi) is 5.67. The fourth-order valence-corrected chi connectivity index (χ4v) is 5.87. The first-order valence-electron chi connectivity index (χ1n) is 10.7. The van der Waals surface area contributed by atoms with E-state index in [-0.39, 0.29) is 5.56 Å². The van der Waals surface area contributed by atoms with E-state index >= 15 is 0 Å². The summed E-state index contributed by atoms with van der Waals surface area (Å²) in [6.45, 7) is 8.79. The van der Waals surface area contributed by atoms with Crippen LogP contribution in [0.15, 0.2) is 51.0 Å². The minimum Gasteiger partial charge on any atom is -0.469 e. The Balaban J connectivity index is 1.45. The van der Waals surface area contributed by atoms with E-state index in [4.69, 9.17) is 9.40 Å². The molecule has 0 aliphatic carbocycles. The summed E-state index contributed by atoms with van der Waals surface area (Å²) >= 11 is 3.06. The van der Waals surface area contributed by atoms with Crippen molar-refractivity contribution in [2.75, 3.05) is 0 Å². The molecule has 5 aromatic rings. The molecule has 0 saturated carbocycles. The third kappa shape index (κ3) is 3.91. The molecule has 0 spiro atoms. The molecule has 168 valence electrons. The molecule has 0 amide bonds. The second-order valence-electron chi connectivity index (χ2n) is 7.82. The highest BCUT2D eigenvalue weighted by Gasteiger charge is 2.19. The monoisotopic (exact) mass is 477 g/mol. The molecule has 0 radical (unpaired) electrons. The Labute approximate surface area is 198 Å². The molecule has 0 unspecified atom stereocenters. The molecule has 1 N–H and O–H groups in total. The Morgan fingerprint density at radius 1 is 1.12 bits per heavy atom. The van der Waals surface area contributed by atoms with Gasteiger partial charge in [0, 0.05) is 17.0 Å². The van der Waals surface area contributed by atoms with Crippen molar-refractivity contribution in [2.24, 2.45) is 0 Å². The van der Waals surface area contributed by atoms with E-state index in [1.54, 1.807) is 17.6 Å². The van der Waals surface area contributed by atoms with Gasteiger partial charge in [-0.1, -0.05) is 41.6 Å². The van der Waals surface area contributed by atoms with E-state index in [1.807, 2.05) is 24.5 Å². The van der Waals surface area contributed by atoms with E-state index in [0.29, 0.717) is 17.0 Å². The van der Waals surface area contributed by atoms with Gasteiger partial charge in [-0.05, 0) is 39.3 Å². The molecule has 5 rings (SSSR count). The highest BCUT2D eigenvalue weighted by Crippen LogP contribution is 2.36. The Bertz CT molecular complexity index is 1510. The third-order valence-electron chi connectivity index (χ3n) is 5.60. The van der Waals surface area contributed by atoms with Crippen molar-refractivity contribution in [2.45, 2.75) is 45.1 Å². The number of aromatic nitrogens is 5. The van der Waals surface area contributed by atoms with Crippen LogP contribution in [0.2, 0.25) is 0 Å². The first-order chi connectivity index (χ1) is 16.0. The average molecular weight is 478 g/mol. The van der Waals surface area contributed by atoms with Gasteiger partial charge in [0.2, 0.25) is 0 Å². The van der Waals surface area contributed by atoms with Crippen molar-refractivity contribution >= 4 is 33.3 Å². The first-order valence-corrected chi connectivity index (χ1v) is 12.5. The van der Waals surface area contributed by atoms with Gasteiger partial charge in [0.25, 0.3) is 5.56 Å². The van der Waals surface area contributed by atoms with E-state index in [2.05, 4.69) is 53.3 Å². The van der Waals surface area contributed by atoms with Crippen LogP contribution in [0.25, 0.3) is 32.7 Å². The molecule has 4 heterocycles. The van der Waals surface area contributed by atoms with E-state index < -0.39 is 0 Å². The van der Waals surface area contributed by atoms with Gasteiger partial charge in [-0.25, -0.2) is 4.98 Å². The lowest BCUT2D eigenvalue weighted by Crippen LogP contribution is -2.11. The van der Waals surface area contributed by atoms with Gasteiger partial charge in [-0.15, -0.1) is 21.5 Å². The lowest BCUT2D eigenvalue weighted by molar-refractivity contribution is 0.534. The summed E-state index contributed by atoms with van der Waals surface area (Å²) in [6, 6.07) is 10.1. The number of furan rings is 1. The van der Waals surface area contributed by atoms with E-state index in [0.717, 1.165) is 49.7 Å². The highest BCUT2D eigenvalue weighted by molar-refractivity contribution is 7.98. The zero-order valence-corrected chi connectivity index (χ0v) is 20.4. The van der Waals surface area contributed by atoms with Crippen LogP contribution in [0.1, 0.15) is 28.9 Å². The van der Waals surface area contributed by atoms with Crippen molar-refractivity contribution in [3.05, 3.63) is 69.0 Å². The van der Waals surface area contributed by atoms with Gasteiger partial charge >= 0.3 is 0 Å². The van der Waals surface area contributed by atoms with Crippen LogP contribution in [0.3, 0.4) is 0 Å². The topological polar surface area (TPSA) is 89.6 Å². The van der Waals surface area contributed by atoms with Gasteiger partial charge in [0.15, 0.2) is 11.0 Å². The normalized spacial score (nSPS) is 11.5. The zero-order valence-electron chi connectivity index (χ0n) is 18.8. The van der Waals surface area contributed by atoms with Crippen molar-refractivity contribution in [1.29, 1.82) is 0 Å². The van der Waals surface area contributed by atoms with Crippen LogP contribution in [0, 0.1) is 20.8 Å². The number of rotatable bonds is 6. The predicted octanol–water partition coefficient (Wildman–Crippen LogP) is 5.74. The minimum atomic E-state index is -0.109. The van der Waals surface area contributed by atoms with Crippen LogP contribution in [0.5, 0.6) is 0 Å². The summed E-state index contributed by atoms with van der Waals surface area (Å²) in [5.74, 6) is 2.70. The van der Waals surface area contributed by atoms with Crippen molar-refractivity contribution < 1.29 is 4.42 Å². The molecule has 0 saturated heterocycles. The number of hydrogen-bond acceptors (Lipinski definition) is 7. The van der Waals surface area contributed by atoms with Crippen LogP contribution in [0.4, 0.5) is 0 Å². The van der Waals surface area contributed by atoms with Crippen LogP contribution in [-0.4, -0.2) is 24.7 Å². The molecule has 4 aromatic heterocycles. The van der Waals surface area contributed by atoms with Crippen molar-refractivity contribution in [3.8, 4) is 22.5 Å². The maximum absolute atomic E-state index is 13.1. The molecule has 0 aliphatic rings. The van der Waals surface area contributed by atoms with Gasteiger partial charge in [-0.3, -0.25) is 4.79 Å². The quantitative estimate of drug-likeness (QED) is 0.314. The summed E-state index contributed by atoms with van der Waals surface area (Å²) in [5, 5.41) is 10.2. The Morgan fingerprint density at radius 2 is 1.91 bits per heavy atom. The molecule has 9 heteroatoms. The number of thioether (sulfide) groups is 1. The van der Waals surface area contributed by atoms with Crippen LogP contribution >= 0.6 is 23.1 Å². The van der Waals surface area contributed by atoms with Crippen LogP contribution in [-0.2, 0) is 12.3 Å². The lowest BCUT2D eigenvalue weighted by Gasteiger charge is -2.07. The Hall–Kier alpha value is -3.17. The maximum atomic E-state index is 13.1. The summed E-state index contributed by atoms with van der Waals surface area (Å²) in [7, 11) is 0. The number of fused-ring (bicyclic) bond motifs is 1. The molecule has 7 nitrogen and oxygen atoms in total. The number of aryl methyl sites for hydroxylation is 3. The lowest BCUT2D eigenvalue weighted by atomic mass is 10.0. The number of hydrogen-bond donors (Lipinski definition) is 1. The Morgan fingerprint density at radius 3 is 2.61 bits per heavy atom. The van der Waals surface area contributed by atoms with E-state index in [9.17, 15) is 4.79 Å². The van der Waals surface area contributed by atoms with Gasteiger partial charge in [0.1, 0.15) is 16.4 Å². The first kappa shape index (κ1) is 21.7. The fourth-order valence-electron chi connectivity index (χ4n) is 3.93. The van der Waals surface area contributed by atoms with Crippen LogP contribution < -0.4 is 5.56 Å². The smallest absolute Gasteiger partial charge is 0.260 e. The number of thiophene rings is 1. The summed E-state index contributed by atoms with van der Waals surface area (Å²) in [4.78, 5) is 22.7. The van der Waals surface area contributed by atoms with Gasteiger partial charge in [-0.2, -0.15) is 0 Å². The molecule has 0 bridgehead atoms. The molecule has 0 aliphatic heterocycles. The zero-order chi connectivity index (χ0) is 23.1. The molecule has 1 aromatic carbocycles. The fraction of sp³-hybridized carbons (Fsp3) is 0.250. The number of nitrogens with one attached hydrogen (secondary N) is 1. The standard InChI is InChI=1S/C24H23N5O2S2/c1-5-29-21(17-10-11-31-14(17)3)27-28-24(29)32-12-18-25-22(30)20-19(15(4)33-23(20)26-18)16-8-6-13(2)7-9-16/h6-11H,5,12H2,1-4H3,(H,25,26,30). The van der Waals surface area contributed by atoms with Gasteiger partial charge in [0.05, 0.1) is 23.0 Å². The number of nitrogens with zero attached hydrogens (tertiary/aromatic N) is 4. The third-order valence-corrected chi connectivity index (χ3v) is 7.58. The van der Waals surface area contributed by atoms with E-state index in [1.165, 1.54) is 17.3 Å². The molecular formula is C24H23N5O2S2. The minimum absolute atomic E-state index is 0.109. The predicted molar refractivity (Wildman–Crippen MR) is 133 cm³/mol. The highest BCUT2D eigenvalue weighted by atomic mass is 32.2. The maximum Gasteiger partial charge on any atom is 0.260 e. The van der Waals surface area contributed by atoms with Gasteiger partial charge < -0.3 is 14.0 Å². The number of benzene rings is 1. The summed E-state index contributed by atoms with van der Waals surface area (Å²) in [5.41, 5.74) is 4.02. The average Bonchev–Trinajstić information content (AvgIpc) is 3.48. The largest absolute Gasteiger partial charge is 0.469 e. The number of H-pyrrole nitrogens is 1. The van der Waals surface area contributed by atoms with Crippen molar-refractivity contribution in [1.82, 2.24) is 24.7 Å². The van der Waals surface area contributed by atoms with Crippen molar-refractivity contribution in [3.63, 3.8) is 0 Å². The number of aromatic amines is 1. The molecule has 33 heavy (non-hydrogen) atoms. The second-order valence-corrected chi connectivity index (χ2v) is 9.97. The molecule has 0 atom stereocenters. The summed E-state index contributed by atoms with van der Waals surface area (Å²) in [6.07, 6.45) is 1.66.